The van der Waals surface area contributed by atoms with Crippen molar-refractivity contribution in [2.24, 2.45) is 11.7 Å². The Labute approximate surface area is 101 Å². The van der Waals surface area contributed by atoms with Crippen molar-refractivity contribution in [2.75, 3.05) is 13.2 Å². The summed E-state index contributed by atoms with van der Waals surface area (Å²) < 4.78 is 5.38. The molecule has 0 spiro atoms. The van der Waals surface area contributed by atoms with Gasteiger partial charge in [0.2, 0.25) is 0 Å². The lowest BCUT2D eigenvalue weighted by Gasteiger charge is -2.13. The lowest BCUT2D eigenvalue weighted by molar-refractivity contribution is 0.194. The number of hydrogen-bond donors (Lipinski definition) is 1. The molecule has 1 aromatic rings. The lowest BCUT2D eigenvalue weighted by Crippen LogP contribution is -2.28. The molecule has 2 atom stereocenters. The molecule has 0 aromatic carbocycles. The monoisotopic (exact) mass is 240 g/mol. The van der Waals surface area contributed by atoms with Crippen molar-refractivity contribution in [1.29, 1.82) is 0 Å². The van der Waals surface area contributed by atoms with Crippen LogP contribution in [0.2, 0.25) is 0 Å². The Morgan fingerprint density at radius 3 is 3.06 bits per heavy atom. The normalized spacial score (nSPS) is 22.9. The van der Waals surface area contributed by atoms with Crippen LogP contribution < -0.4 is 5.73 Å². The highest BCUT2D eigenvalue weighted by atomic mass is 32.1. The standard InChI is InChI=1S/C12H20N2OS/c1-8(2)11(13)5-10-7-16-12(14-10)9-3-4-15-6-9/h7-9,11H,3-6,13H2,1-2H3. The third-order valence-electron chi connectivity index (χ3n) is 3.15. The van der Waals surface area contributed by atoms with Crippen LogP contribution in [-0.4, -0.2) is 24.2 Å². The Balaban J connectivity index is 1.96. The molecule has 1 aliphatic rings. The fraction of sp³-hybridized carbons (Fsp3) is 0.750. The first-order valence-corrected chi connectivity index (χ1v) is 6.82. The Morgan fingerprint density at radius 1 is 1.62 bits per heavy atom. The van der Waals surface area contributed by atoms with E-state index >= 15 is 0 Å². The van der Waals surface area contributed by atoms with Crippen LogP contribution in [0.15, 0.2) is 5.38 Å². The van der Waals surface area contributed by atoms with Crippen LogP contribution in [0.3, 0.4) is 0 Å². The first kappa shape index (κ1) is 12.0. The predicted octanol–water partition coefficient (Wildman–Crippen LogP) is 2.17. The van der Waals surface area contributed by atoms with Gasteiger partial charge in [0.05, 0.1) is 17.3 Å². The van der Waals surface area contributed by atoms with Gasteiger partial charge in [0, 0.05) is 30.4 Å². The zero-order valence-corrected chi connectivity index (χ0v) is 10.8. The maximum atomic E-state index is 6.05. The molecule has 1 aromatic heterocycles. The highest BCUT2D eigenvalue weighted by molar-refractivity contribution is 7.09. The summed E-state index contributed by atoms with van der Waals surface area (Å²) in [6.07, 6.45) is 2.00. The summed E-state index contributed by atoms with van der Waals surface area (Å²) >= 11 is 1.75. The van der Waals surface area contributed by atoms with Gasteiger partial charge in [0.15, 0.2) is 0 Å². The zero-order chi connectivity index (χ0) is 11.5. The van der Waals surface area contributed by atoms with Gasteiger partial charge in [-0.2, -0.15) is 0 Å². The average Bonchev–Trinajstić information content (AvgIpc) is 2.85. The van der Waals surface area contributed by atoms with Crippen LogP contribution >= 0.6 is 11.3 Å². The third-order valence-corrected chi connectivity index (χ3v) is 4.21. The molecule has 1 fully saturated rings. The fourth-order valence-electron chi connectivity index (χ4n) is 1.81. The maximum absolute atomic E-state index is 6.05. The van der Waals surface area contributed by atoms with Crippen molar-refractivity contribution in [3.63, 3.8) is 0 Å². The van der Waals surface area contributed by atoms with Crippen LogP contribution in [0.1, 0.15) is 36.9 Å². The van der Waals surface area contributed by atoms with Gasteiger partial charge in [0.1, 0.15) is 0 Å². The average molecular weight is 240 g/mol. The third kappa shape index (κ3) is 2.81. The molecule has 0 radical (unpaired) electrons. The number of nitrogens with two attached hydrogens (primary N) is 1. The molecule has 0 amide bonds. The van der Waals surface area contributed by atoms with Crippen LogP contribution in [0.25, 0.3) is 0 Å². The summed E-state index contributed by atoms with van der Waals surface area (Å²) in [5.74, 6) is 1.04. The van der Waals surface area contributed by atoms with E-state index in [9.17, 15) is 0 Å². The first-order chi connectivity index (χ1) is 7.66. The molecular formula is C12H20N2OS. The molecule has 2 unspecified atom stereocenters. The Bertz CT molecular complexity index is 332. The number of thiazole rings is 1. The number of aromatic nitrogens is 1. The summed E-state index contributed by atoms with van der Waals surface area (Å²) in [6, 6.07) is 0.217. The van der Waals surface area contributed by atoms with Gasteiger partial charge in [-0.05, 0) is 12.3 Å². The second-order valence-corrected chi connectivity index (χ2v) is 5.74. The minimum atomic E-state index is 0.217. The van der Waals surface area contributed by atoms with E-state index in [1.165, 1.54) is 5.01 Å². The van der Waals surface area contributed by atoms with E-state index in [0.717, 1.165) is 31.7 Å². The molecule has 2 heterocycles. The summed E-state index contributed by atoms with van der Waals surface area (Å²) in [6.45, 7) is 6.03. The zero-order valence-electron chi connectivity index (χ0n) is 9.98. The van der Waals surface area contributed by atoms with Gasteiger partial charge < -0.3 is 10.5 Å². The quantitative estimate of drug-likeness (QED) is 0.877. The fourth-order valence-corrected chi connectivity index (χ4v) is 2.76. The van der Waals surface area contributed by atoms with Crippen molar-refractivity contribution in [2.45, 2.75) is 38.6 Å². The molecule has 1 aliphatic heterocycles. The van der Waals surface area contributed by atoms with Crippen LogP contribution in [0, 0.1) is 5.92 Å². The van der Waals surface area contributed by atoms with Gasteiger partial charge in [-0.15, -0.1) is 11.3 Å². The maximum Gasteiger partial charge on any atom is 0.0983 e. The van der Waals surface area contributed by atoms with Gasteiger partial charge in [-0.1, -0.05) is 13.8 Å². The largest absolute Gasteiger partial charge is 0.381 e. The van der Waals surface area contributed by atoms with E-state index in [-0.39, 0.29) is 6.04 Å². The molecule has 0 bridgehead atoms. The summed E-state index contributed by atoms with van der Waals surface area (Å²) in [5, 5.41) is 3.37. The van der Waals surface area contributed by atoms with Crippen molar-refractivity contribution >= 4 is 11.3 Å². The minimum absolute atomic E-state index is 0.217. The van der Waals surface area contributed by atoms with Crippen LogP contribution in [-0.2, 0) is 11.2 Å². The summed E-state index contributed by atoms with van der Waals surface area (Å²) in [7, 11) is 0. The van der Waals surface area contributed by atoms with E-state index in [1.54, 1.807) is 11.3 Å². The topological polar surface area (TPSA) is 48.1 Å². The van der Waals surface area contributed by atoms with Crippen molar-refractivity contribution in [3.8, 4) is 0 Å². The van der Waals surface area contributed by atoms with E-state index in [4.69, 9.17) is 10.5 Å². The van der Waals surface area contributed by atoms with Gasteiger partial charge in [-0.25, -0.2) is 4.98 Å². The number of hydrogen-bond acceptors (Lipinski definition) is 4. The Hall–Kier alpha value is -0.450. The number of ether oxygens (including phenoxy) is 1. The molecule has 1 saturated heterocycles. The number of rotatable bonds is 4. The summed E-state index contributed by atoms with van der Waals surface area (Å²) in [4.78, 5) is 4.67. The first-order valence-electron chi connectivity index (χ1n) is 5.94. The smallest absolute Gasteiger partial charge is 0.0983 e. The van der Waals surface area contributed by atoms with E-state index < -0.39 is 0 Å². The molecule has 4 heteroatoms. The van der Waals surface area contributed by atoms with Crippen molar-refractivity contribution in [3.05, 3.63) is 16.1 Å². The van der Waals surface area contributed by atoms with E-state index in [1.807, 2.05) is 0 Å². The van der Waals surface area contributed by atoms with Gasteiger partial charge in [0.25, 0.3) is 0 Å². The highest BCUT2D eigenvalue weighted by Crippen LogP contribution is 2.28. The molecule has 16 heavy (non-hydrogen) atoms. The Kier molecular flexibility index (Phi) is 3.95. The second kappa shape index (κ2) is 5.25. The molecule has 2 N–H and O–H groups in total. The molecule has 2 rings (SSSR count). The lowest BCUT2D eigenvalue weighted by atomic mass is 10.0. The van der Waals surface area contributed by atoms with Gasteiger partial charge in [-0.3, -0.25) is 0 Å². The van der Waals surface area contributed by atoms with Crippen molar-refractivity contribution < 1.29 is 4.74 Å². The predicted molar refractivity (Wildman–Crippen MR) is 66.8 cm³/mol. The number of nitrogens with zero attached hydrogens (tertiary/aromatic N) is 1. The van der Waals surface area contributed by atoms with Gasteiger partial charge >= 0.3 is 0 Å². The van der Waals surface area contributed by atoms with E-state index in [2.05, 4.69) is 24.2 Å². The second-order valence-electron chi connectivity index (χ2n) is 4.85. The summed E-state index contributed by atoms with van der Waals surface area (Å²) in [5.41, 5.74) is 7.20. The molecule has 0 saturated carbocycles. The van der Waals surface area contributed by atoms with Crippen LogP contribution in [0.4, 0.5) is 0 Å². The van der Waals surface area contributed by atoms with Crippen molar-refractivity contribution in [1.82, 2.24) is 4.98 Å². The Morgan fingerprint density at radius 2 is 2.44 bits per heavy atom. The molecule has 0 aliphatic carbocycles. The highest BCUT2D eigenvalue weighted by Gasteiger charge is 2.21. The molecular weight excluding hydrogens is 220 g/mol. The molecule has 90 valence electrons. The molecule has 3 nitrogen and oxygen atoms in total. The SMILES string of the molecule is CC(C)C(N)Cc1csc(C2CCOC2)n1. The van der Waals surface area contributed by atoms with Crippen LogP contribution in [0.5, 0.6) is 0 Å². The minimum Gasteiger partial charge on any atom is -0.381 e. The van der Waals surface area contributed by atoms with E-state index in [0.29, 0.717) is 11.8 Å².